The molecule has 2 N–H and O–H groups in total. The summed E-state index contributed by atoms with van der Waals surface area (Å²) in [7, 11) is 0. The molecule has 0 radical (unpaired) electrons. The number of rotatable bonds is 1. The highest BCUT2D eigenvalue weighted by Crippen LogP contribution is 2.35. The van der Waals surface area contributed by atoms with Crippen LogP contribution < -0.4 is 5.73 Å². The molecule has 1 aliphatic rings. The minimum atomic E-state index is -0.537. The maximum Gasteiger partial charge on any atom is 0.137 e. The summed E-state index contributed by atoms with van der Waals surface area (Å²) in [6.07, 6.45) is 0.747. The highest BCUT2D eigenvalue weighted by atomic mass is 19.1. The Bertz CT molecular complexity index is 336. The number of ketones is 1. The van der Waals surface area contributed by atoms with E-state index in [-0.39, 0.29) is 11.6 Å². The Kier molecular flexibility index (Phi) is 1.70. The van der Waals surface area contributed by atoms with Gasteiger partial charge in [0.05, 0.1) is 5.54 Å². The Hall–Kier alpha value is -1.22. The van der Waals surface area contributed by atoms with Crippen LogP contribution in [0.3, 0.4) is 0 Å². The SMILES string of the molecule is NC1(c2ccc(F)cc2)CC(=O)C1. The van der Waals surface area contributed by atoms with Gasteiger partial charge in [0.1, 0.15) is 11.6 Å². The van der Waals surface area contributed by atoms with Crippen molar-refractivity contribution in [2.45, 2.75) is 18.4 Å². The van der Waals surface area contributed by atoms with Gasteiger partial charge >= 0.3 is 0 Å². The summed E-state index contributed by atoms with van der Waals surface area (Å²) in [5.74, 6) is -0.107. The van der Waals surface area contributed by atoms with Crippen LogP contribution in [-0.4, -0.2) is 5.78 Å². The number of hydrogen-bond acceptors (Lipinski definition) is 2. The Morgan fingerprint density at radius 2 is 1.77 bits per heavy atom. The number of carbonyl (C=O) groups excluding carboxylic acids is 1. The van der Waals surface area contributed by atoms with Gasteiger partial charge in [0, 0.05) is 12.8 Å². The number of Topliss-reactive ketones (excluding diaryl/α,β-unsaturated/α-hetero) is 1. The van der Waals surface area contributed by atoms with Crippen molar-refractivity contribution in [3.05, 3.63) is 35.6 Å². The number of carbonyl (C=O) groups is 1. The minimum absolute atomic E-state index is 0.173. The Balaban J connectivity index is 2.26. The third-order valence-corrected chi connectivity index (χ3v) is 2.44. The van der Waals surface area contributed by atoms with Crippen molar-refractivity contribution in [3.63, 3.8) is 0 Å². The van der Waals surface area contributed by atoms with Gasteiger partial charge in [-0.1, -0.05) is 12.1 Å². The molecule has 0 amide bonds. The third kappa shape index (κ3) is 1.35. The number of hydrogen-bond donors (Lipinski definition) is 1. The van der Waals surface area contributed by atoms with Crippen molar-refractivity contribution in [2.24, 2.45) is 5.73 Å². The smallest absolute Gasteiger partial charge is 0.137 e. The van der Waals surface area contributed by atoms with Gasteiger partial charge in [0.25, 0.3) is 0 Å². The Morgan fingerprint density at radius 3 is 2.23 bits per heavy atom. The van der Waals surface area contributed by atoms with Gasteiger partial charge in [-0.3, -0.25) is 4.79 Å². The second kappa shape index (κ2) is 2.64. The van der Waals surface area contributed by atoms with Crippen molar-refractivity contribution >= 4 is 5.78 Å². The van der Waals surface area contributed by atoms with Gasteiger partial charge in [-0.25, -0.2) is 4.39 Å². The van der Waals surface area contributed by atoms with Crippen LogP contribution in [0.15, 0.2) is 24.3 Å². The lowest BCUT2D eigenvalue weighted by Gasteiger charge is -2.36. The molecule has 0 unspecified atom stereocenters. The van der Waals surface area contributed by atoms with E-state index in [4.69, 9.17) is 5.73 Å². The average molecular weight is 179 g/mol. The van der Waals surface area contributed by atoms with E-state index < -0.39 is 5.54 Å². The zero-order valence-electron chi connectivity index (χ0n) is 7.09. The summed E-state index contributed by atoms with van der Waals surface area (Å²) in [6, 6.07) is 6.02. The van der Waals surface area contributed by atoms with Crippen LogP contribution >= 0.6 is 0 Å². The molecule has 1 aromatic rings. The largest absolute Gasteiger partial charge is 0.321 e. The third-order valence-electron chi connectivity index (χ3n) is 2.44. The van der Waals surface area contributed by atoms with Crippen molar-refractivity contribution in [1.29, 1.82) is 0 Å². The fourth-order valence-electron chi connectivity index (χ4n) is 1.64. The van der Waals surface area contributed by atoms with Crippen LogP contribution in [0.4, 0.5) is 4.39 Å². The lowest BCUT2D eigenvalue weighted by atomic mass is 9.72. The second-order valence-corrected chi connectivity index (χ2v) is 3.56. The summed E-state index contributed by atoms with van der Waals surface area (Å²) >= 11 is 0. The molecule has 1 saturated carbocycles. The minimum Gasteiger partial charge on any atom is -0.321 e. The van der Waals surface area contributed by atoms with E-state index in [1.807, 2.05) is 0 Å². The average Bonchev–Trinajstić information content (AvgIpc) is 2.03. The molecular weight excluding hydrogens is 169 g/mol. The highest BCUT2D eigenvalue weighted by molar-refractivity contribution is 5.88. The lowest BCUT2D eigenvalue weighted by molar-refractivity contribution is -0.128. The zero-order valence-corrected chi connectivity index (χ0v) is 7.09. The van der Waals surface area contributed by atoms with Crippen LogP contribution in [0.5, 0.6) is 0 Å². The Morgan fingerprint density at radius 1 is 1.23 bits per heavy atom. The van der Waals surface area contributed by atoms with Gasteiger partial charge in [-0.15, -0.1) is 0 Å². The molecule has 1 aliphatic carbocycles. The molecule has 2 nitrogen and oxygen atoms in total. The number of halogens is 1. The maximum absolute atomic E-state index is 12.6. The van der Waals surface area contributed by atoms with Crippen LogP contribution in [-0.2, 0) is 10.3 Å². The van der Waals surface area contributed by atoms with E-state index in [0.717, 1.165) is 5.56 Å². The van der Waals surface area contributed by atoms with Crippen LogP contribution in [0.25, 0.3) is 0 Å². The maximum atomic E-state index is 12.6. The first-order chi connectivity index (χ1) is 6.10. The zero-order chi connectivity index (χ0) is 9.47. The normalized spacial score (nSPS) is 19.7. The monoisotopic (exact) mass is 179 g/mol. The quantitative estimate of drug-likeness (QED) is 0.707. The molecule has 68 valence electrons. The fourth-order valence-corrected chi connectivity index (χ4v) is 1.64. The lowest BCUT2D eigenvalue weighted by Crippen LogP contribution is -2.49. The molecule has 13 heavy (non-hydrogen) atoms. The van der Waals surface area contributed by atoms with Crippen molar-refractivity contribution < 1.29 is 9.18 Å². The van der Waals surface area contributed by atoms with Crippen LogP contribution in [0.1, 0.15) is 18.4 Å². The molecule has 0 spiro atoms. The molecule has 0 aromatic heterocycles. The summed E-state index contributed by atoms with van der Waals surface area (Å²) in [5, 5.41) is 0. The Labute approximate surface area is 75.6 Å². The molecule has 0 saturated heterocycles. The standard InChI is InChI=1S/C10H10FNO/c11-8-3-1-7(2-4-8)10(12)5-9(13)6-10/h1-4H,5-6,12H2. The van der Waals surface area contributed by atoms with Gasteiger partial charge < -0.3 is 5.73 Å². The second-order valence-electron chi connectivity index (χ2n) is 3.56. The van der Waals surface area contributed by atoms with Crippen molar-refractivity contribution in [2.75, 3.05) is 0 Å². The summed E-state index contributed by atoms with van der Waals surface area (Å²) in [4.78, 5) is 10.8. The van der Waals surface area contributed by atoms with Gasteiger partial charge in [0.15, 0.2) is 0 Å². The molecule has 2 rings (SSSR count). The predicted octanol–water partition coefficient (Wildman–Crippen LogP) is 1.34. The van der Waals surface area contributed by atoms with Crippen LogP contribution in [0.2, 0.25) is 0 Å². The van der Waals surface area contributed by atoms with Crippen LogP contribution in [0, 0.1) is 5.82 Å². The highest BCUT2D eigenvalue weighted by Gasteiger charge is 2.41. The molecule has 0 aliphatic heterocycles. The van der Waals surface area contributed by atoms with Gasteiger partial charge in [-0.2, -0.15) is 0 Å². The van der Waals surface area contributed by atoms with Crippen molar-refractivity contribution in [1.82, 2.24) is 0 Å². The van der Waals surface area contributed by atoms with Crippen molar-refractivity contribution in [3.8, 4) is 0 Å². The van der Waals surface area contributed by atoms with E-state index in [2.05, 4.69) is 0 Å². The first-order valence-corrected chi connectivity index (χ1v) is 4.17. The molecule has 1 fully saturated rings. The summed E-state index contributed by atoms with van der Waals surface area (Å²) in [5.41, 5.74) is 6.23. The number of nitrogens with two attached hydrogens (primary N) is 1. The number of benzene rings is 1. The topological polar surface area (TPSA) is 43.1 Å². The van der Waals surface area contributed by atoms with E-state index in [1.54, 1.807) is 12.1 Å². The molecule has 0 atom stereocenters. The first-order valence-electron chi connectivity index (χ1n) is 4.17. The molecule has 1 aromatic carbocycles. The molecule has 0 heterocycles. The predicted molar refractivity (Wildman–Crippen MR) is 46.5 cm³/mol. The van der Waals surface area contributed by atoms with E-state index in [9.17, 15) is 9.18 Å². The van der Waals surface area contributed by atoms with E-state index >= 15 is 0 Å². The summed E-state index contributed by atoms with van der Waals surface area (Å²) in [6.45, 7) is 0. The molecular formula is C10H10FNO. The fraction of sp³-hybridized carbons (Fsp3) is 0.300. The van der Waals surface area contributed by atoms with Gasteiger partial charge in [0.2, 0.25) is 0 Å². The first kappa shape index (κ1) is 8.38. The van der Waals surface area contributed by atoms with E-state index in [1.165, 1.54) is 12.1 Å². The summed E-state index contributed by atoms with van der Waals surface area (Å²) < 4.78 is 12.6. The molecule has 3 heteroatoms. The molecule has 0 bridgehead atoms. The van der Waals surface area contributed by atoms with Gasteiger partial charge in [-0.05, 0) is 17.7 Å². The van der Waals surface area contributed by atoms with E-state index in [0.29, 0.717) is 12.8 Å².